The Morgan fingerprint density at radius 3 is 2.39 bits per heavy atom. The highest BCUT2D eigenvalue weighted by molar-refractivity contribution is 5.84. The third-order valence-corrected chi connectivity index (χ3v) is 3.70. The lowest BCUT2D eigenvalue weighted by Crippen LogP contribution is -2.48. The molecule has 0 aromatic heterocycles. The lowest BCUT2D eigenvalue weighted by molar-refractivity contribution is -0.121. The van der Waals surface area contributed by atoms with Crippen molar-refractivity contribution in [2.45, 2.75) is 38.6 Å². The second-order valence-corrected chi connectivity index (χ2v) is 5.65. The summed E-state index contributed by atoms with van der Waals surface area (Å²) < 4.78 is 0. The molecule has 1 saturated carbocycles. The molecule has 5 heteroatoms. The first kappa shape index (κ1) is 13.2. The summed E-state index contributed by atoms with van der Waals surface area (Å²) in [5.74, 6) is 0.663. The van der Waals surface area contributed by atoms with Gasteiger partial charge < -0.3 is 15.1 Å². The van der Waals surface area contributed by atoms with E-state index in [2.05, 4.69) is 12.2 Å². The smallest absolute Gasteiger partial charge is 0.320 e. The van der Waals surface area contributed by atoms with E-state index < -0.39 is 0 Å². The first-order valence-electron chi connectivity index (χ1n) is 6.85. The number of amides is 3. The Bertz CT molecular complexity index is 320. The quantitative estimate of drug-likeness (QED) is 0.817. The van der Waals surface area contributed by atoms with Crippen molar-refractivity contribution in [2.75, 3.05) is 26.7 Å². The van der Waals surface area contributed by atoms with Crippen LogP contribution < -0.4 is 5.32 Å². The predicted octanol–water partition coefficient (Wildman–Crippen LogP) is 1.05. The fourth-order valence-electron chi connectivity index (χ4n) is 2.23. The standard InChI is InChI=1S/C13H23N3O2/c1-10-5-7-16(8-6-10)13(18)15(2)9-12(17)14-11-3-4-11/h10-11H,3-9H2,1-2H3,(H,14,17). The van der Waals surface area contributed by atoms with Gasteiger partial charge in [-0.15, -0.1) is 0 Å². The van der Waals surface area contributed by atoms with Gasteiger partial charge in [-0.05, 0) is 31.6 Å². The SMILES string of the molecule is CC1CCN(C(=O)N(C)CC(=O)NC2CC2)CC1. The van der Waals surface area contributed by atoms with Crippen LogP contribution in [-0.4, -0.2) is 54.5 Å². The Morgan fingerprint density at radius 2 is 1.83 bits per heavy atom. The first-order valence-corrected chi connectivity index (χ1v) is 6.85. The van der Waals surface area contributed by atoms with E-state index in [9.17, 15) is 9.59 Å². The fourth-order valence-corrected chi connectivity index (χ4v) is 2.23. The summed E-state index contributed by atoms with van der Waals surface area (Å²) in [6, 6.07) is 0.338. The van der Waals surface area contributed by atoms with Gasteiger partial charge in [-0.2, -0.15) is 0 Å². The number of rotatable bonds is 3. The average Bonchev–Trinajstić information content (AvgIpc) is 3.12. The number of hydrogen-bond acceptors (Lipinski definition) is 2. The molecule has 3 amide bonds. The maximum Gasteiger partial charge on any atom is 0.320 e. The van der Waals surface area contributed by atoms with Crippen LogP contribution in [0.1, 0.15) is 32.6 Å². The molecule has 1 saturated heterocycles. The molecule has 1 aliphatic carbocycles. The van der Waals surface area contributed by atoms with E-state index in [0.717, 1.165) is 38.8 Å². The van der Waals surface area contributed by atoms with Crippen molar-refractivity contribution >= 4 is 11.9 Å². The number of nitrogens with one attached hydrogen (secondary N) is 1. The Kier molecular flexibility index (Phi) is 4.09. The Morgan fingerprint density at radius 1 is 1.22 bits per heavy atom. The van der Waals surface area contributed by atoms with Crippen molar-refractivity contribution in [1.29, 1.82) is 0 Å². The van der Waals surface area contributed by atoms with Crippen molar-refractivity contribution in [3.05, 3.63) is 0 Å². The lowest BCUT2D eigenvalue weighted by atomic mass is 10.00. The molecule has 0 aromatic rings. The molecule has 2 rings (SSSR count). The van der Waals surface area contributed by atoms with Gasteiger partial charge >= 0.3 is 6.03 Å². The molecule has 0 spiro atoms. The number of piperidine rings is 1. The number of carbonyl (C=O) groups is 2. The van der Waals surface area contributed by atoms with Gasteiger partial charge in [-0.1, -0.05) is 6.92 Å². The van der Waals surface area contributed by atoms with Gasteiger partial charge in [0.05, 0.1) is 0 Å². The normalized spacial score (nSPS) is 20.7. The Balaban J connectivity index is 1.74. The maximum atomic E-state index is 12.1. The molecule has 18 heavy (non-hydrogen) atoms. The van der Waals surface area contributed by atoms with Gasteiger partial charge in [0.1, 0.15) is 6.54 Å². The van der Waals surface area contributed by atoms with Crippen LogP contribution in [0.5, 0.6) is 0 Å². The summed E-state index contributed by atoms with van der Waals surface area (Å²) in [6.45, 7) is 4.01. The minimum absolute atomic E-state index is 0.0205. The molecule has 0 unspecified atom stereocenters. The van der Waals surface area contributed by atoms with E-state index in [4.69, 9.17) is 0 Å². The topological polar surface area (TPSA) is 52.7 Å². The largest absolute Gasteiger partial charge is 0.352 e. The summed E-state index contributed by atoms with van der Waals surface area (Å²) in [5, 5.41) is 2.90. The first-order chi connectivity index (χ1) is 8.56. The predicted molar refractivity (Wildman–Crippen MR) is 69.2 cm³/mol. The molecule has 5 nitrogen and oxygen atoms in total. The van der Waals surface area contributed by atoms with Gasteiger partial charge in [-0.25, -0.2) is 4.79 Å². The molecule has 0 atom stereocenters. The fraction of sp³-hybridized carbons (Fsp3) is 0.846. The lowest BCUT2D eigenvalue weighted by Gasteiger charge is -2.33. The summed E-state index contributed by atoms with van der Waals surface area (Å²) in [7, 11) is 1.70. The number of urea groups is 1. The average molecular weight is 253 g/mol. The van der Waals surface area contributed by atoms with E-state index >= 15 is 0 Å². The minimum Gasteiger partial charge on any atom is -0.352 e. The van der Waals surface area contributed by atoms with Crippen LogP contribution in [0.15, 0.2) is 0 Å². The molecule has 0 radical (unpaired) electrons. The van der Waals surface area contributed by atoms with Gasteiger partial charge in [-0.3, -0.25) is 4.79 Å². The summed E-state index contributed by atoms with van der Waals surface area (Å²) in [4.78, 5) is 27.1. The van der Waals surface area contributed by atoms with E-state index in [0.29, 0.717) is 12.0 Å². The minimum atomic E-state index is -0.0428. The maximum absolute atomic E-state index is 12.1. The molecular weight excluding hydrogens is 230 g/mol. The number of likely N-dealkylation sites (N-methyl/N-ethyl adjacent to an activating group) is 1. The van der Waals surface area contributed by atoms with Crippen LogP contribution in [-0.2, 0) is 4.79 Å². The number of nitrogens with zero attached hydrogens (tertiary/aromatic N) is 2. The second-order valence-electron chi connectivity index (χ2n) is 5.65. The van der Waals surface area contributed by atoms with Gasteiger partial charge in [0.25, 0.3) is 0 Å². The molecule has 2 fully saturated rings. The van der Waals surface area contributed by atoms with Crippen molar-refractivity contribution in [2.24, 2.45) is 5.92 Å². The zero-order valence-electron chi connectivity index (χ0n) is 11.3. The molecular formula is C13H23N3O2. The zero-order chi connectivity index (χ0) is 13.1. The van der Waals surface area contributed by atoms with Gasteiger partial charge in [0.15, 0.2) is 0 Å². The summed E-state index contributed by atoms with van der Waals surface area (Å²) >= 11 is 0. The molecule has 0 aromatic carbocycles. The highest BCUT2D eigenvalue weighted by Crippen LogP contribution is 2.19. The monoisotopic (exact) mass is 253 g/mol. The highest BCUT2D eigenvalue weighted by atomic mass is 16.2. The third kappa shape index (κ3) is 3.62. The number of carbonyl (C=O) groups excluding carboxylic acids is 2. The molecule has 1 aliphatic heterocycles. The van der Waals surface area contributed by atoms with Crippen LogP contribution in [0.25, 0.3) is 0 Å². The van der Waals surface area contributed by atoms with Crippen LogP contribution >= 0.6 is 0 Å². The van der Waals surface area contributed by atoms with Crippen LogP contribution in [0.4, 0.5) is 4.79 Å². The second kappa shape index (κ2) is 5.59. The van der Waals surface area contributed by atoms with Crippen LogP contribution in [0.3, 0.4) is 0 Å². The van der Waals surface area contributed by atoms with E-state index in [1.165, 1.54) is 4.90 Å². The molecule has 2 aliphatic rings. The Labute approximate surface area is 108 Å². The third-order valence-electron chi connectivity index (χ3n) is 3.70. The number of hydrogen-bond donors (Lipinski definition) is 1. The Hall–Kier alpha value is -1.26. The van der Waals surface area contributed by atoms with E-state index in [1.54, 1.807) is 7.05 Å². The van der Waals surface area contributed by atoms with Crippen LogP contribution in [0, 0.1) is 5.92 Å². The molecule has 102 valence electrons. The van der Waals surface area contributed by atoms with Crippen LogP contribution in [0.2, 0.25) is 0 Å². The molecule has 0 bridgehead atoms. The highest BCUT2D eigenvalue weighted by Gasteiger charge is 2.26. The van der Waals surface area contributed by atoms with Gasteiger partial charge in [0, 0.05) is 26.2 Å². The van der Waals surface area contributed by atoms with Crippen molar-refractivity contribution < 1.29 is 9.59 Å². The van der Waals surface area contributed by atoms with Gasteiger partial charge in [0.2, 0.25) is 5.91 Å². The molecule has 1 N–H and O–H groups in total. The van der Waals surface area contributed by atoms with Crippen molar-refractivity contribution in [3.8, 4) is 0 Å². The van der Waals surface area contributed by atoms with E-state index in [1.807, 2.05) is 4.90 Å². The number of likely N-dealkylation sites (tertiary alicyclic amines) is 1. The summed E-state index contributed by atoms with van der Waals surface area (Å²) in [6.07, 6.45) is 4.28. The molecule has 1 heterocycles. The summed E-state index contributed by atoms with van der Waals surface area (Å²) in [5.41, 5.74) is 0. The van der Waals surface area contributed by atoms with Crippen molar-refractivity contribution in [3.63, 3.8) is 0 Å². The van der Waals surface area contributed by atoms with E-state index in [-0.39, 0.29) is 18.5 Å². The van der Waals surface area contributed by atoms with Crippen molar-refractivity contribution in [1.82, 2.24) is 15.1 Å². The zero-order valence-corrected chi connectivity index (χ0v) is 11.3.